The molecule has 8 nitrogen and oxygen atoms in total. The van der Waals surface area contributed by atoms with Crippen LogP contribution in [0.15, 0.2) is 88.8 Å². The molecule has 2 heterocycles. The largest absolute Gasteiger partial charge is 0.481 e. The van der Waals surface area contributed by atoms with Crippen LogP contribution in [0.25, 0.3) is 16.6 Å². The summed E-state index contributed by atoms with van der Waals surface area (Å²) in [5, 5.41) is 25.0. The van der Waals surface area contributed by atoms with Crippen LogP contribution in [-0.4, -0.2) is 37.0 Å². The summed E-state index contributed by atoms with van der Waals surface area (Å²) in [6.07, 6.45) is 1.74. The Labute approximate surface area is 226 Å². The topological polar surface area (TPSA) is 114 Å². The van der Waals surface area contributed by atoms with Crippen molar-refractivity contribution in [3.63, 3.8) is 0 Å². The van der Waals surface area contributed by atoms with Gasteiger partial charge in [0.1, 0.15) is 11.9 Å². The molecule has 1 aliphatic heterocycles. The number of hydrogen-bond donors (Lipinski definition) is 2. The lowest BCUT2D eigenvalue weighted by molar-refractivity contribution is -0.137. The minimum absolute atomic E-state index is 0.0706. The predicted octanol–water partition coefficient (Wildman–Crippen LogP) is 5.19. The van der Waals surface area contributed by atoms with Crippen LogP contribution >= 0.6 is 0 Å². The van der Waals surface area contributed by atoms with Crippen LogP contribution in [0.1, 0.15) is 62.1 Å². The molecule has 3 aromatic carbocycles. The number of aromatic nitrogens is 2. The molecule has 4 aromatic rings. The fourth-order valence-electron chi connectivity index (χ4n) is 5.10. The maximum absolute atomic E-state index is 13.7. The molecule has 0 aliphatic carbocycles. The number of para-hydroxylation sites is 1. The Bertz CT molecular complexity index is 1570. The van der Waals surface area contributed by atoms with Crippen molar-refractivity contribution < 1.29 is 19.8 Å². The number of aryl methyl sites for hydroxylation is 1. The minimum Gasteiger partial charge on any atom is -0.481 e. The summed E-state index contributed by atoms with van der Waals surface area (Å²) < 4.78 is 1.61. The fraction of sp³-hybridized carbons (Fsp3) is 0.290. The number of fused-ring (bicyclic) bond motifs is 1. The van der Waals surface area contributed by atoms with Crippen LogP contribution in [0.4, 0.5) is 0 Å². The number of oxime groups is 1. The van der Waals surface area contributed by atoms with Gasteiger partial charge in [-0.15, -0.1) is 0 Å². The molecule has 2 N–H and O–H groups in total. The number of aliphatic hydroxyl groups is 1. The van der Waals surface area contributed by atoms with E-state index in [1.807, 2.05) is 79.7 Å². The Hall–Kier alpha value is -4.30. The zero-order valence-electron chi connectivity index (χ0n) is 21.8. The lowest BCUT2D eigenvalue weighted by Gasteiger charge is -2.30. The number of unbranched alkanes of at least 4 members (excludes halogenated alkanes) is 1. The molecule has 39 heavy (non-hydrogen) atoms. The van der Waals surface area contributed by atoms with E-state index in [-0.39, 0.29) is 12.0 Å². The van der Waals surface area contributed by atoms with E-state index in [0.717, 1.165) is 11.1 Å². The molecule has 0 fully saturated rings. The van der Waals surface area contributed by atoms with E-state index in [2.05, 4.69) is 5.16 Å². The van der Waals surface area contributed by atoms with Crippen LogP contribution in [-0.2, 0) is 16.1 Å². The normalized spacial score (nSPS) is 17.5. The third-order valence-corrected chi connectivity index (χ3v) is 7.34. The molecule has 2 atom stereocenters. The first-order valence-electron chi connectivity index (χ1n) is 13.2. The number of carboxylic acids is 1. The lowest BCUT2D eigenvalue weighted by atomic mass is 9.83. The molecule has 0 amide bonds. The van der Waals surface area contributed by atoms with Gasteiger partial charge in [-0.25, -0.2) is 4.98 Å². The molecule has 1 aromatic heterocycles. The van der Waals surface area contributed by atoms with E-state index in [1.165, 1.54) is 0 Å². The molecule has 1 unspecified atom stereocenters. The summed E-state index contributed by atoms with van der Waals surface area (Å²) in [5.41, 5.74) is 2.42. The van der Waals surface area contributed by atoms with Gasteiger partial charge in [0.25, 0.3) is 5.56 Å². The second-order valence-electron chi connectivity index (χ2n) is 9.87. The molecule has 0 bridgehead atoms. The Morgan fingerprint density at radius 3 is 2.46 bits per heavy atom. The highest BCUT2D eigenvalue weighted by Gasteiger charge is 2.45. The van der Waals surface area contributed by atoms with Crippen molar-refractivity contribution in [1.29, 1.82) is 0 Å². The summed E-state index contributed by atoms with van der Waals surface area (Å²) in [6, 6.07) is 24.2. The summed E-state index contributed by atoms with van der Waals surface area (Å²) in [7, 11) is 0. The number of nitrogens with zero attached hydrogens (tertiary/aromatic N) is 3. The van der Waals surface area contributed by atoms with Crippen molar-refractivity contribution in [1.82, 2.24) is 9.55 Å². The molecule has 1 aliphatic rings. The molecule has 5 rings (SSSR count). The van der Waals surface area contributed by atoms with Crippen LogP contribution < -0.4 is 5.56 Å². The second kappa shape index (κ2) is 11.2. The maximum atomic E-state index is 13.7. The van der Waals surface area contributed by atoms with Crippen molar-refractivity contribution in [2.75, 3.05) is 0 Å². The first-order valence-corrected chi connectivity index (χ1v) is 13.2. The first-order chi connectivity index (χ1) is 18.9. The van der Waals surface area contributed by atoms with Gasteiger partial charge >= 0.3 is 5.97 Å². The molecule has 0 saturated carbocycles. The van der Waals surface area contributed by atoms with E-state index < -0.39 is 17.7 Å². The van der Waals surface area contributed by atoms with E-state index in [4.69, 9.17) is 14.9 Å². The monoisotopic (exact) mass is 525 g/mol. The van der Waals surface area contributed by atoms with Crippen LogP contribution in [0, 0.1) is 0 Å². The zero-order chi connectivity index (χ0) is 27.4. The highest BCUT2D eigenvalue weighted by Crippen LogP contribution is 2.40. The summed E-state index contributed by atoms with van der Waals surface area (Å²) in [5.74, 6) is -0.264. The Balaban J connectivity index is 1.49. The van der Waals surface area contributed by atoms with Crippen LogP contribution in [0.2, 0.25) is 0 Å². The number of rotatable bonds is 10. The van der Waals surface area contributed by atoms with E-state index in [0.29, 0.717) is 60.2 Å². The minimum atomic E-state index is -0.884. The van der Waals surface area contributed by atoms with Gasteiger partial charge in [-0.05, 0) is 49.1 Å². The molecule has 200 valence electrons. The zero-order valence-corrected chi connectivity index (χ0v) is 21.8. The maximum Gasteiger partial charge on any atom is 0.303 e. The van der Waals surface area contributed by atoms with Crippen molar-refractivity contribution in [2.24, 2.45) is 5.16 Å². The number of aliphatic carboxylic acids is 1. The third kappa shape index (κ3) is 5.33. The predicted molar refractivity (Wildman–Crippen MR) is 149 cm³/mol. The average molecular weight is 526 g/mol. The third-order valence-electron chi connectivity index (χ3n) is 7.34. The molecule has 0 spiro atoms. The van der Waals surface area contributed by atoms with Crippen molar-refractivity contribution in [3.8, 4) is 5.69 Å². The number of benzene rings is 3. The second-order valence-corrected chi connectivity index (χ2v) is 9.87. The standard InChI is InChI=1S/C31H31N3O5/c1-2-31(29(37)21-11-5-3-6-12-21)20-26(33-39-31)22-17-18-24-25(19-22)32-27(15-9-10-16-28(35)36)34(30(24)38)23-13-7-4-8-14-23/h3-8,11-14,17-19,29,37H,2,9-10,15-16,20H2,1H3,(H,35,36)/t29-,31?/m1/s1. The molecule has 0 radical (unpaired) electrons. The summed E-state index contributed by atoms with van der Waals surface area (Å²) in [4.78, 5) is 35.4. The SMILES string of the molecule is CCC1([C@H](O)c2ccccc2)CC(c2ccc3c(=O)n(-c4ccccc4)c(CCCCC(=O)O)nc3c2)=NO1. The van der Waals surface area contributed by atoms with Crippen molar-refractivity contribution in [3.05, 3.63) is 106 Å². The van der Waals surface area contributed by atoms with Gasteiger partial charge in [0.2, 0.25) is 0 Å². The molecular weight excluding hydrogens is 494 g/mol. The molecular formula is C31H31N3O5. The number of aliphatic hydroxyl groups excluding tert-OH is 1. The van der Waals surface area contributed by atoms with E-state index >= 15 is 0 Å². The van der Waals surface area contributed by atoms with Gasteiger partial charge < -0.3 is 15.1 Å². The Kier molecular flexibility index (Phi) is 7.56. The van der Waals surface area contributed by atoms with Gasteiger partial charge in [-0.2, -0.15) is 0 Å². The van der Waals surface area contributed by atoms with Gasteiger partial charge in [-0.3, -0.25) is 14.2 Å². The van der Waals surface area contributed by atoms with E-state index in [9.17, 15) is 14.7 Å². The number of carbonyl (C=O) groups is 1. The van der Waals surface area contributed by atoms with E-state index in [1.54, 1.807) is 10.6 Å². The first kappa shape index (κ1) is 26.3. The van der Waals surface area contributed by atoms with Crippen LogP contribution in [0.3, 0.4) is 0 Å². The highest BCUT2D eigenvalue weighted by molar-refractivity contribution is 6.04. The van der Waals surface area contributed by atoms with Crippen LogP contribution in [0.5, 0.6) is 0 Å². The fourth-order valence-corrected chi connectivity index (χ4v) is 5.10. The van der Waals surface area contributed by atoms with Gasteiger partial charge in [0.05, 0.1) is 22.3 Å². The number of hydrogen-bond acceptors (Lipinski definition) is 6. The quantitative estimate of drug-likeness (QED) is 0.276. The highest BCUT2D eigenvalue weighted by atomic mass is 16.7. The lowest BCUT2D eigenvalue weighted by Crippen LogP contribution is -2.36. The molecule has 8 heteroatoms. The summed E-state index contributed by atoms with van der Waals surface area (Å²) in [6.45, 7) is 1.97. The average Bonchev–Trinajstić information content (AvgIpc) is 3.41. The smallest absolute Gasteiger partial charge is 0.303 e. The van der Waals surface area contributed by atoms with Crippen molar-refractivity contribution >= 4 is 22.6 Å². The van der Waals surface area contributed by atoms with Crippen molar-refractivity contribution in [2.45, 2.75) is 57.2 Å². The van der Waals surface area contributed by atoms with Gasteiger partial charge in [-0.1, -0.05) is 66.7 Å². The summed E-state index contributed by atoms with van der Waals surface area (Å²) >= 11 is 0. The van der Waals surface area contributed by atoms with Gasteiger partial charge in [0.15, 0.2) is 5.60 Å². The number of carboxylic acid groups (broad SMARTS) is 1. The molecule has 0 saturated heterocycles. The Morgan fingerprint density at radius 2 is 1.77 bits per heavy atom. The van der Waals surface area contributed by atoms with Gasteiger partial charge in [0, 0.05) is 24.8 Å². The Morgan fingerprint density at radius 1 is 1.05 bits per heavy atom.